The van der Waals surface area contributed by atoms with Gasteiger partial charge in [-0.15, -0.1) is 0 Å². The molecule has 2 aromatic carbocycles. The first-order valence-electron chi connectivity index (χ1n) is 12.4. The van der Waals surface area contributed by atoms with E-state index in [9.17, 15) is 14.4 Å². The summed E-state index contributed by atoms with van der Waals surface area (Å²) in [6, 6.07) is 14.5. The van der Waals surface area contributed by atoms with Gasteiger partial charge in [0.25, 0.3) is 5.91 Å². The van der Waals surface area contributed by atoms with Gasteiger partial charge >= 0.3 is 6.03 Å². The first-order valence-corrected chi connectivity index (χ1v) is 12.4. The summed E-state index contributed by atoms with van der Waals surface area (Å²) in [5.74, 6) is 0.448. The first kappa shape index (κ1) is 24.6. The SMILES string of the molecule is COc1ccccc1NC(=O)C1CCN(C(=O)Nc2ccc(C(=O)N3CCCCC3C)cc2)CC1. The number of methoxy groups -OCH3 is 1. The number of benzene rings is 2. The lowest BCUT2D eigenvalue weighted by Gasteiger charge is -2.33. The van der Waals surface area contributed by atoms with Crippen LogP contribution in [0.1, 0.15) is 49.4 Å². The number of ether oxygens (including phenoxy) is 1. The summed E-state index contributed by atoms with van der Waals surface area (Å²) in [5.41, 5.74) is 1.93. The summed E-state index contributed by atoms with van der Waals surface area (Å²) in [7, 11) is 1.57. The molecule has 4 amide bonds. The molecule has 8 nitrogen and oxygen atoms in total. The predicted molar refractivity (Wildman–Crippen MR) is 136 cm³/mol. The summed E-state index contributed by atoms with van der Waals surface area (Å²) in [5, 5.41) is 5.85. The molecule has 0 aromatic heterocycles. The van der Waals surface area contributed by atoms with E-state index >= 15 is 0 Å². The van der Waals surface area contributed by atoms with E-state index in [1.807, 2.05) is 23.1 Å². The van der Waals surface area contributed by atoms with Gasteiger partial charge in [-0.05, 0) is 75.4 Å². The van der Waals surface area contributed by atoms with Crippen LogP contribution in [-0.2, 0) is 4.79 Å². The van der Waals surface area contributed by atoms with Crippen molar-refractivity contribution in [2.24, 2.45) is 5.92 Å². The molecular formula is C27H34N4O4. The summed E-state index contributed by atoms with van der Waals surface area (Å²) < 4.78 is 5.30. The van der Waals surface area contributed by atoms with E-state index in [0.717, 1.165) is 19.4 Å². The van der Waals surface area contributed by atoms with Gasteiger partial charge in [-0.2, -0.15) is 0 Å². The number of anilines is 2. The zero-order valence-electron chi connectivity index (χ0n) is 20.5. The Balaban J connectivity index is 1.26. The van der Waals surface area contributed by atoms with Crippen LogP contribution in [0.2, 0.25) is 0 Å². The molecule has 2 aromatic rings. The number of urea groups is 1. The highest BCUT2D eigenvalue weighted by molar-refractivity contribution is 5.96. The Kier molecular flexibility index (Phi) is 7.90. The van der Waals surface area contributed by atoms with Crippen molar-refractivity contribution in [3.63, 3.8) is 0 Å². The molecule has 186 valence electrons. The molecule has 4 rings (SSSR count). The van der Waals surface area contributed by atoms with Crippen LogP contribution in [0, 0.1) is 5.92 Å². The van der Waals surface area contributed by atoms with Crippen LogP contribution >= 0.6 is 0 Å². The number of hydrogen-bond donors (Lipinski definition) is 2. The smallest absolute Gasteiger partial charge is 0.321 e. The topological polar surface area (TPSA) is 91.0 Å². The van der Waals surface area contributed by atoms with Crippen molar-refractivity contribution in [1.29, 1.82) is 0 Å². The van der Waals surface area contributed by atoms with Crippen molar-refractivity contribution < 1.29 is 19.1 Å². The van der Waals surface area contributed by atoms with Crippen molar-refractivity contribution in [2.75, 3.05) is 37.4 Å². The van der Waals surface area contributed by atoms with Crippen molar-refractivity contribution in [3.05, 3.63) is 54.1 Å². The fourth-order valence-corrected chi connectivity index (χ4v) is 4.79. The fraction of sp³-hybridized carbons (Fsp3) is 0.444. The normalized spacial score (nSPS) is 18.6. The number of piperidine rings is 2. The Labute approximate surface area is 206 Å². The molecule has 0 radical (unpaired) electrons. The largest absolute Gasteiger partial charge is 0.495 e. The van der Waals surface area contributed by atoms with Gasteiger partial charge in [0.05, 0.1) is 12.8 Å². The summed E-state index contributed by atoms with van der Waals surface area (Å²) in [6.45, 7) is 3.89. The zero-order chi connectivity index (χ0) is 24.8. The standard InChI is InChI=1S/C27H34N4O4/c1-19-7-5-6-16-31(19)26(33)21-10-12-22(13-11-21)28-27(34)30-17-14-20(15-18-30)25(32)29-23-8-3-4-9-24(23)35-2/h3-4,8-13,19-20H,5-7,14-18H2,1-2H3,(H,28,34)(H,29,32). The minimum Gasteiger partial charge on any atom is -0.495 e. The van der Waals surface area contributed by atoms with E-state index in [1.54, 1.807) is 42.3 Å². The van der Waals surface area contributed by atoms with Gasteiger partial charge in [0.2, 0.25) is 5.91 Å². The maximum atomic E-state index is 12.8. The third-order valence-electron chi connectivity index (χ3n) is 6.96. The minimum atomic E-state index is -0.197. The second-order valence-corrected chi connectivity index (χ2v) is 9.30. The number of carbonyl (C=O) groups excluding carboxylic acids is 3. The second kappa shape index (κ2) is 11.3. The quantitative estimate of drug-likeness (QED) is 0.658. The van der Waals surface area contributed by atoms with Gasteiger partial charge < -0.3 is 25.2 Å². The average Bonchev–Trinajstić information content (AvgIpc) is 2.89. The molecule has 35 heavy (non-hydrogen) atoms. The predicted octanol–water partition coefficient (Wildman–Crippen LogP) is 4.59. The van der Waals surface area contributed by atoms with E-state index in [1.165, 1.54) is 6.42 Å². The average molecular weight is 479 g/mol. The molecule has 2 heterocycles. The molecule has 1 atom stereocenters. The third-order valence-corrected chi connectivity index (χ3v) is 6.96. The number of hydrogen-bond acceptors (Lipinski definition) is 4. The van der Waals surface area contributed by atoms with Gasteiger partial charge in [0, 0.05) is 42.8 Å². The van der Waals surface area contributed by atoms with E-state index in [0.29, 0.717) is 48.6 Å². The highest BCUT2D eigenvalue weighted by Crippen LogP contribution is 2.26. The number of para-hydroxylation sites is 2. The zero-order valence-corrected chi connectivity index (χ0v) is 20.5. The summed E-state index contributed by atoms with van der Waals surface area (Å²) in [4.78, 5) is 41.9. The number of nitrogens with zero attached hydrogens (tertiary/aromatic N) is 2. The van der Waals surface area contributed by atoms with E-state index < -0.39 is 0 Å². The van der Waals surface area contributed by atoms with Crippen LogP contribution in [0.5, 0.6) is 5.75 Å². The molecule has 0 saturated carbocycles. The van der Waals surface area contributed by atoms with Crippen molar-refractivity contribution in [3.8, 4) is 5.75 Å². The Morgan fingerprint density at radius 1 is 0.886 bits per heavy atom. The molecule has 8 heteroatoms. The summed E-state index contributed by atoms with van der Waals surface area (Å²) >= 11 is 0. The first-order chi connectivity index (χ1) is 17.0. The number of nitrogens with one attached hydrogen (secondary N) is 2. The maximum absolute atomic E-state index is 12.8. The van der Waals surface area contributed by atoms with Crippen molar-refractivity contribution >= 4 is 29.2 Å². The van der Waals surface area contributed by atoms with Crippen LogP contribution < -0.4 is 15.4 Å². The second-order valence-electron chi connectivity index (χ2n) is 9.30. The minimum absolute atomic E-state index is 0.0450. The number of carbonyl (C=O) groups is 3. The lowest BCUT2D eigenvalue weighted by atomic mass is 9.96. The molecule has 0 bridgehead atoms. The van der Waals surface area contributed by atoms with Crippen LogP contribution in [0.3, 0.4) is 0 Å². The highest BCUT2D eigenvalue weighted by atomic mass is 16.5. The van der Waals surface area contributed by atoms with Gasteiger partial charge in [-0.1, -0.05) is 12.1 Å². The van der Waals surface area contributed by atoms with Gasteiger partial charge in [0.1, 0.15) is 5.75 Å². The third kappa shape index (κ3) is 5.93. The molecule has 0 spiro atoms. The van der Waals surface area contributed by atoms with E-state index in [2.05, 4.69) is 17.6 Å². The monoisotopic (exact) mass is 478 g/mol. The highest BCUT2D eigenvalue weighted by Gasteiger charge is 2.28. The van der Waals surface area contributed by atoms with Crippen LogP contribution in [-0.4, -0.2) is 60.4 Å². The Morgan fingerprint density at radius 3 is 2.29 bits per heavy atom. The van der Waals surface area contributed by atoms with Crippen LogP contribution in [0.15, 0.2) is 48.5 Å². The van der Waals surface area contributed by atoms with Crippen molar-refractivity contribution in [2.45, 2.75) is 45.1 Å². The molecule has 0 aliphatic carbocycles. The Bertz CT molecular complexity index is 1050. The molecule has 2 aliphatic rings. The molecule has 2 saturated heterocycles. The fourth-order valence-electron chi connectivity index (χ4n) is 4.79. The maximum Gasteiger partial charge on any atom is 0.321 e. The van der Waals surface area contributed by atoms with Crippen LogP contribution in [0.25, 0.3) is 0 Å². The van der Waals surface area contributed by atoms with Crippen LogP contribution in [0.4, 0.5) is 16.2 Å². The molecule has 2 aliphatic heterocycles. The van der Waals surface area contributed by atoms with Crippen molar-refractivity contribution in [1.82, 2.24) is 9.80 Å². The lowest BCUT2D eigenvalue weighted by Crippen LogP contribution is -2.43. The van der Waals surface area contributed by atoms with Gasteiger partial charge in [0.15, 0.2) is 0 Å². The van der Waals surface area contributed by atoms with Gasteiger partial charge in [-0.25, -0.2) is 4.79 Å². The number of amides is 4. The molecule has 1 unspecified atom stereocenters. The van der Waals surface area contributed by atoms with Gasteiger partial charge in [-0.3, -0.25) is 9.59 Å². The molecular weight excluding hydrogens is 444 g/mol. The molecule has 2 fully saturated rings. The molecule has 2 N–H and O–H groups in total. The van der Waals surface area contributed by atoms with E-state index in [4.69, 9.17) is 4.74 Å². The Hall–Kier alpha value is -3.55. The number of rotatable bonds is 5. The number of likely N-dealkylation sites (tertiary alicyclic amines) is 2. The summed E-state index contributed by atoms with van der Waals surface area (Å²) in [6.07, 6.45) is 4.44. The lowest BCUT2D eigenvalue weighted by molar-refractivity contribution is -0.121. The van der Waals surface area contributed by atoms with E-state index in [-0.39, 0.29) is 29.8 Å². The Morgan fingerprint density at radius 2 is 1.60 bits per heavy atom.